The molecule has 0 saturated carbocycles. The molecule has 0 aliphatic carbocycles. The zero-order chi connectivity index (χ0) is 16.6. The van der Waals surface area contributed by atoms with Crippen molar-refractivity contribution in [2.75, 3.05) is 20.1 Å². The van der Waals surface area contributed by atoms with Crippen LogP contribution < -0.4 is 10.6 Å². The molecule has 0 aliphatic rings. The third-order valence-corrected chi connectivity index (χ3v) is 2.94. The van der Waals surface area contributed by atoms with Crippen LogP contribution in [0.4, 0.5) is 4.79 Å². The van der Waals surface area contributed by atoms with Crippen LogP contribution in [0.15, 0.2) is 0 Å². The molecule has 7 nitrogen and oxygen atoms in total. The first-order valence-corrected chi connectivity index (χ1v) is 7.13. The Labute approximate surface area is 126 Å². The van der Waals surface area contributed by atoms with E-state index in [4.69, 9.17) is 5.11 Å². The highest BCUT2D eigenvalue weighted by atomic mass is 16.4. The molecule has 1 unspecified atom stereocenters. The number of aliphatic carboxylic acids is 1. The molecular weight excluding hydrogens is 274 g/mol. The van der Waals surface area contributed by atoms with Crippen LogP contribution in [0, 0.1) is 11.8 Å². The van der Waals surface area contributed by atoms with Crippen LogP contribution in [-0.4, -0.2) is 54.1 Å². The molecule has 0 saturated heterocycles. The van der Waals surface area contributed by atoms with Crippen molar-refractivity contribution >= 4 is 17.9 Å². The number of carboxylic acid groups (broad SMARTS) is 1. The van der Waals surface area contributed by atoms with Crippen LogP contribution in [0.25, 0.3) is 0 Å². The number of hydrogen-bond acceptors (Lipinski definition) is 3. The number of nitrogens with zero attached hydrogens (tertiary/aromatic N) is 1. The van der Waals surface area contributed by atoms with Crippen molar-refractivity contribution in [3.8, 4) is 0 Å². The van der Waals surface area contributed by atoms with E-state index in [-0.39, 0.29) is 24.8 Å². The fourth-order valence-corrected chi connectivity index (χ4v) is 1.57. The minimum Gasteiger partial charge on any atom is -0.481 e. The predicted octanol–water partition coefficient (Wildman–Crippen LogP) is 0.899. The largest absolute Gasteiger partial charge is 0.481 e. The van der Waals surface area contributed by atoms with Crippen molar-refractivity contribution in [1.82, 2.24) is 15.5 Å². The second kappa shape index (κ2) is 9.20. The van der Waals surface area contributed by atoms with Gasteiger partial charge in [-0.05, 0) is 11.8 Å². The van der Waals surface area contributed by atoms with Gasteiger partial charge in [-0.25, -0.2) is 4.79 Å². The summed E-state index contributed by atoms with van der Waals surface area (Å²) in [5, 5.41) is 14.2. The fourth-order valence-electron chi connectivity index (χ4n) is 1.57. The number of carboxylic acids is 1. The average Bonchev–Trinajstić information content (AvgIpc) is 2.34. The molecule has 21 heavy (non-hydrogen) atoms. The molecule has 0 fully saturated rings. The third-order valence-electron chi connectivity index (χ3n) is 2.94. The Morgan fingerprint density at radius 3 is 2.14 bits per heavy atom. The van der Waals surface area contributed by atoms with Crippen LogP contribution in [0.1, 0.15) is 34.1 Å². The molecule has 3 N–H and O–H groups in total. The summed E-state index contributed by atoms with van der Waals surface area (Å²) in [6.45, 7) is 8.14. The third kappa shape index (κ3) is 8.88. The highest BCUT2D eigenvalue weighted by molar-refractivity contribution is 5.84. The topological polar surface area (TPSA) is 98.7 Å². The molecule has 0 aromatic rings. The van der Waals surface area contributed by atoms with Crippen molar-refractivity contribution < 1.29 is 19.5 Å². The van der Waals surface area contributed by atoms with E-state index >= 15 is 0 Å². The Morgan fingerprint density at radius 2 is 1.71 bits per heavy atom. The van der Waals surface area contributed by atoms with E-state index < -0.39 is 18.0 Å². The van der Waals surface area contributed by atoms with Gasteiger partial charge in [-0.1, -0.05) is 27.7 Å². The first-order chi connectivity index (χ1) is 9.63. The lowest BCUT2D eigenvalue weighted by Gasteiger charge is -2.24. The Kier molecular flexibility index (Phi) is 8.42. The van der Waals surface area contributed by atoms with E-state index in [0.29, 0.717) is 12.5 Å². The summed E-state index contributed by atoms with van der Waals surface area (Å²) in [4.78, 5) is 35.6. The van der Waals surface area contributed by atoms with Crippen molar-refractivity contribution in [3.63, 3.8) is 0 Å². The van der Waals surface area contributed by atoms with Crippen LogP contribution in [0.3, 0.4) is 0 Å². The maximum Gasteiger partial charge on any atom is 0.317 e. The first kappa shape index (κ1) is 19.2. The SMILES string of the molecule is CC(C)CNC(=O)CN(C)C(=O)NC(CC(=O)O)C(C)C. The van der Waals surface area contributed by atoms with E-state index in [2.05, 4.69) is 10.6 Å². The lowest BCUT2D eigenvalue weighted by atomic mass is 10.0. The number of carbonyl (C=O) groups excluding carboxylic acids is 2. The van der Waals surface area contributed by atoms with Crippen LogP contribution in [-0.2, 0) is 9.59 Å². The smallest absolute Gasteiger partial charge is 0.317 e. The lowest BCUT2D eigenvalue weighted by Crippen LogP contribution is -2.49. The summed E-state index contributed by atoms with van der Waals surface area (Å²) in [6.07, 6.45) is -0.142. The van der Waals surface area contributed by atoms with Gasteiger partial charge in [0.05, 0.1) is 6.42 Å². The van der Waals surface area contributed by atoms with Crippen LogP contribution >= 0.6 is 0 Å². The molecule has 3 amide bonds. The highest BCUT2D eigenvalue weighted by Gasteiger charge is 2.22. The number of likely N-dealkylation sites (N-methyl/N-ethyl adjacent to an activating group) is 1. The second-order valence-corrected chi connectivity index (χ2v) is 5.95. The molecule has 0 aromatic carbocycles. The summed E-state index contributed by atoms with van der Waals surface area (Å²) in [5.41, 5.74) is 0. The number of hydrogen-bond donors (Lipinski definition) is 3. The van der Waals surface area contributed by atoms with Gasteiger partial charge in [0.2, 0.25) is 5.91 Å². The molecular formula is C14H27N3O4. The summed E-state index contributed by atoms with van der Waals surface area (Å²) in [7, 11) is 1.50. The lowest BCUT2D eigenvalue weighted by molar-refractivity contribution is -0.137. The monoisotopic (exact) mass is 301 g/mol. The predicted molar refractivity (Wildman–Crippen MR) is 79.9 cm³/mol. The van der Waals surface area contributed by atoms with E-state index in [1.54, 1.807) is 0 Å². The quantitative estimate of drug-likeness (QED) is 0.620. The average molecular weight is 301 g/mol. The number of amides is 3. The van der Waals surface area contributed by atoms with Gasteiger partial charge in [-0.3, -0.25) is 9.59 Å². The van der Waals surface area contributed by atoms with E-state index in [1.165, 1.54) is 11.9 Å². The molecule has 0 rings (SSSR count). The molecule has 0 bridgehead atoms. The van der Waals surface area contributed by atoms with Crippen molar-refractivity contribution in [3.05, 3.63) is 0 Å². The van der Waals surface area contributed by atoms with E-state index in [0.717, 1.165) is 0 Å². The first-order valence-electron chi connectivity index (χ1n) is 7.13. The van der Waals surface area contributed by atoms with E-state index in [9.17, 15) is 14.4 Å². The zero-order valence-corrected chi connectivity index (χ0v) is 13.5. The number of carbonyl (C=O) groups is 3. The molecule has 0 radical (unpaired) electrons. The summed E-state index contributed by atoms with van der Waals surface area (Å²) >= 11 is 0. The van der Waals surface area contributed by atoms with Gasteiger partial charge in [0.1, 0.15) is 6.54 Å². The standard InChI is InChI=1S/C14H27N3O4/c1-9(2)7-15-12(18)8-17(5)14(21)16-11(10(3)4)6-13(19)20/h9-11H,6-8H2,1-5H3,(H,15,18)(H,16,21)(H,19,20). The van der Waals surface area contributed by atoms with Gasteiger partial charge in [-0.15, -0.1) is 0 Å². The van der Waals surface area contributed by atoms with Gasteiger partial charge in [0, 0.05) is 19.6 Å². The summed E-state index contributed by atoms with van der Waals surface area (Å²) < 4.78 is 0. The molecule has 7 heteroatoms. The Morgan fingerprint density at radius 1 is 1.14 bits per heavy atom. The Balaban J connectivity index is 4.35. The minimum atomic E-state index is -0.966. The zero-order valence-electron chi connectivity index (χ0n) is 13.5. The van der Waals surface area contributed by atoms with Crippen molar-refractivity contribution in [2.24, 2.45) is 11.8 Å². The van der Waals surface area contributed by atoms with Gasteiger partial charge >= 0.3 is 12.0 Å². The van der Waals surface area contributed by atoms with Crippen LogP contribution in [0.5, 0.6) is 0 Å². The van der Waals surface area contributed by atoms with Crippen molar-refractivity contribution in [1.29, 1.82) is 0 Å². The Hall–Kier alpha value is -1.79. The molecule has 122 valence electrons. The molecule has 0 heterocycles. The molecule has 0 aliphatic heterocycles. The number of nitrogens with one attached hydrogen (secondary N) is 2. The Bertz CT molecular complexity index is 369. The van der Waals surface area contributed by atoms with Gasteiger partial charge in [-0.2, -0.15) is 0 Å². The molecule has 0 aromatic heterocycles. The van der Waals surface area contributed by atoms with Gasteiger partial charge in [0.25, 0.3) is 0 Å². The van der Waals surface area contributed by atoms with Gasteiger partial charge < -0.3 is 20.6 Å². The second-order valence-electron chi connectivity index (χ2n) is 5.95. The molecule has 1 atom stereocenters. The highest BCUT2D eigenvalue weighted by Crippen LogP contribution is 2.06. The van der Waals surface area contributed by atoms with Gasteiger partial charge in [0.15, 0.2) is 0 Å². The normalized spacial score (nSPS) is 12.1. The fraction of sp³-hybridized carbons (Fsp3) is 0.786. The minimum absolute atomic E-state index is 0.00628. The van der Waals surface area contributed by atoms with Crippen LogP contribution in [0.2, 0.25) is 0 Å². The molecule has 0 spiro atoms. The maximum absolute atomic E-state index is 12.0. The summed E-state index contributed by atoms with van der Waals surface area (Å²) in [6, 6.07) is -0.911. The number of rotatable bonds is 8. The van der Waals surface area contributed by atoms with Crippen molar-refractivity contribution in [2.45, 2.75) is 40.2 Å². The summed E-state index contributed by atoms with van der Waals surface area (Å²) in [5.74, 6) is -0.866. The maximum atomic E-state index is 12.0. The number of urea groups is 1. The van der Waals surface area contributed by atoms with E-state index in [1.807, 2.05) is 27.7 Å².